The Morgan fingerprint density at radius 1 is 1.20 bits per heavy atom. The van der Waals surface area contributed by atoms with Gasteiger partial charge in [-0.3, -0.25) is 4.90 Å². The van der Waals surface area contributed by atoms with Crippen LogP contribution >= 0.6 is 23.2 Å². The van der Waals surface area contributed by atoms with Crippen molar-refractivity contribution < 1.29 is 0 Å². The molecule has 1 aromatic heterocycles. The van der Waals surface area contributed by atoms with Crippen molar-refractivity contribution in [2.75, 3.05) is 36.5 Å². The summed E-state index contributed by atoms with van der Waals surface area (Å²) in [6.07, 6.45) is 3.88. The number of nitrogen functional groups attached to an aromatic ring is 1. The molecule has 0 aromatic carbocycles. The molecule has 0 aliphatic carbocycles. The predicted molar refractivity (Wildman–Crippen MR) is 83.5 cm³/mol. The maximum absolute atomic E-state index is 6.30. The van der Waals surface area contributed by atoms with E-state index in [2.05, 4.69) is 20.2 Å². The molecule has 0 spiro atoms. The van der Waals surface area contributed by atoms with Crippen molar-refractivity contribution in [3.63, 3.8) is 0 Å². The molecule has 1 atom stereocenters. The highest BCUT2D eigenvalue weighted by Crippen LogP contribution is 2.33. The summed E-state index contributed by atoms with van der Waals surface area (Å²) in [5, 5.41) is 1.02. The highest BCUT2D eigenvalue weighted by molar-refractivity contribution is 6.37. The van der Waals surface area contributed by atoms with Gasteiger partial charge in [-0.15, -0.1) is 0 Å². The number of aromatic nitrogens is 1. The van der Waals surface area contributed by atoms with Crippen LogP contribution in [0, 0.1) is 0 Å². The van der Waals surface area contributed by atoms with Gasteiger partial charge in [0.05, 0.1) is 10.0 Å². The normalized spacial score (nSPS) is 23.6. The quantitative estimate of drug-likeness (QED) is 0.648. The third-order valence-electron chi connectivity index (χ3n) is 4.18. The number of hydrogen-bond acceptors (Lipinski definition) is 5. The number of nitrogens with zero attached hydrogens (tertiary/aromatic N) is 3. The molecular weight excluding hydrogens is 297 g/mol. The first-order chi connectivity index (χ1) is 9.69. The summed E-state index contributed by atoms with van der Waals surface area (Å²) < 4.78 is 0. The van der Waals surface area contributed by atoms with E-state index in [0.717, 1.165) is 25.5 Å². The smallest absolute Gasteiger partial charge is 0.161 e. The van der Waals surface area contributed by atoms with Gasteiger partial charge in [-0.25, -0.2) is 10.8 Å². The van der Waals surface area contributed by atoms with Crippen molar-refractivity contribution >= 4 is 34.8 Å². The van der Waals surface area contributed by atoms with Crippen molar-refractivity contribution in [2.24, 2.45) is 5.84 Å². The molecule has 0 saturated carbocycles. The molecule has 0 radical (unpaired) electrons. The number of nitrogens with two attached hydrogens (primary N) is 1. The van der Waals surface area contributed by atoms with Crippen LogP contribution < -0.4 is 16.2 Å². The standard InChI is InChI=1S/C13H19Cl2N5/c14-10-7-11(15)13(17-12(10)18-16)20-6-5-19-4-2-1-3-9(19)8-20/h7,9H,1-6,8,16H2,(H,17,18). The van der Waals surface area contributed by atoms with Crippen LogP contribution in [-0.4, -0.2) is 42.1 Å². The number of hydrazine groups is 1. The molecule has 20 heavy (non-hydrogen) atoms. The van der Waals surface area contributed by atoms with Crippen LogP contribution in [0.1, 0.15) is 19.3 Å². The van der Waals surface area contributed by atoms with E-state index in [1.165, 1.54) is 25.8 Å². The molecule has 110 valence electrons. The summed E-state index contributed by atoms with van der Waals surface area (Å²) in [4.78, 5) is 9.28. The Morgan fingerprint density at radius 3 is 2.85 bits per heavy atom. The van der Waals surface area contributed by atoms with E-state index < -0.39 is 0 Å². The van der Waals surface area contributed by atoms with E-state index in [1.54, 1.807) is 6.07 Å². The van der Waals surface area contributed by atoms with Crippen molar-refractivity contribution in [1.82, 2.24) is 9.88 Å². The van der Waals surface area contributed by atoms with E-state index in [-0.39, 0.29) is 0 Å². The second-order valence-electron chi connectivity index (χ2n) is 5.40. The first-order valence-corrected chi connectivity index (χ1v) is 7.76. The summed E-state index contributed by atoms with van der Waals surface area (Å²) >= 11 is 12.3. The third kappa shape index (κ3) is 2.68. The maximum Gasteiger partial charge on any atom is 0.161 e. The van der Waals surface area contributed by atoms with Crippen LogP contribution in [0.15, 0.2) is 6.07 Å². The summed E-state index contributed by atoms with van der Waals surface area (Å²) in [5.74, 6) is 6.68. The number of nitrogens with one attached hydrogen (secondary N) is 1. The Hall–Kier alpha value is -0.750. The molecule has 0 amide bonds. The summed E-state index contributed by atoms with van der Waals surface area (Å²) in [6.45, 7) is 4.19. The van der Waals surface area contributed by atoms with Crippen molar-refractivity contribution in [3.05, 3.63) is 16.1 Å². The molecule has 3 N–H and O–H groups in total. The van der Waals surface area contributed by atoms with Crippen LogP contribution in [0.25, 0.3) is 0 Å². The predicted octanol–water partition coefficient (Wildman–Crippen LogP) is 2.35. The second kappa shape index (κ2) is 5.93. The van der Waals surface area contributed by atoms with Crippen LogP contribution in [0.3, 0.4) is 0 Å². The zero-order valence-corrected chi connectivity index (χ0v) is 12.8. The number of rotatable bonds is 2. The fourth-order valence-electron chi connectivity index (χ4n) is 3.13. The maximum atomic E-state index is 6.30. The van der Waals surface area contributed by atoms with Gasteiger partial charge < -0.3 is 10.3 Å². The summed E-state index contributed by atoms with van der Waals surface area (Å²) in [7, 11) is 0. The molecule has 2 fully saturated rings. The number of hydrogen-bond donors (Lipinski definition) is 2. The molecule has 1 unspecified atom stereocenters. The molecule has 3 rings (SSSR count). The highest BCUT2D eigenvalue weighted by Gasteiger charge is 2.30. The molecule has 7 heteroatoms. The second-order valence-corrected chi connectivity index (χ2v) is 6.21. The van der Waals surface area contributed by atoms with Gasteiger partial charge in [0.15, 0.2) is 5.82 Å². The van der Waals surface area contributed by atoms with Crippen LogP contribution in [0.4, 0.5) is 11.6 Å². The summed E-state index contributed by atoms with van der Waals surface area (Å²) in [5.41, 5.74) is 2.52. The molecule has 2 aliphatic heterocycles. The van der Waals surface area contributed by atoms with Crippen molar-refractivity contribution in [1.29, 1.82) is 0 Å². The van der Waals surface area contributed by atoms with E-state index in [1.807, 2.05) is 0 Å². The molecule has 3 heterocycles. The molecule has 0 bridgehead atoms. The largest absolute Gasteiger partial charge is 0.352 e. The number of fused-ring (bicyclic) bond motifs is 1. The van der Waals surface area contributed by atoms with E-state index >= 15 is 0 Å². The Bertz CT molecular complexity index is 496. The molecule has 2 saturated heterocycles. The molecule has 2 aliphatic rings. The average molecular weight is 316 g/mol. The topological polar surface area (TPSA) is 57.4 Å². The Labute approximate surface area is 129 Å². The summed E-state index contributed by atoms with van der Waals surface area (Å²) in [6, 6.07) is 2.31. The monoisotopic (exact) mass is 315 g/mol. The Kier molecular flexibility index (Phi) is 4.21. The van der Waals surface area contributed by atoms with E-state index in [9.17, 15) is 0 Å². The number of piperazine rings is 1. The lowest BCUT2D eigenvalue weighted by molar-refractivity contribution is 0.133. The van der Waals surface area contributed by atoms with Gasteiger partial charge in [0.25, 0.3) is 0 Å². The van der Waals surface area contributed by atoms with Gasteiger partial charge in [0.1, 0.15) is 5.82 Å². The van der Waals surface area contributed by atoms with Crippen LogP contribution in [-0.2, 0) is 0 Å². The van der Waals surface area contributed by atoms with Gasteiger partial charge in [-0.2, -0.15) is 0 Å². The molecule has 1 aromatic rings. The minimum Gasteiger partial charge on any atom is -0.352 e. The molecule has 5 nitrogen and oxygen atoms in total. The fourth-order valence-corrected chi connectivity index (χ4v) is 3.66. The third-order valence-corrected chi connectivity index (χ3v) is 4.75. The Balaban J connectivity index is 1.82. The van der Waals surface area contributed by atoms with Gasteiger partial charge in [-0.05, 0) is 25.5 Å². The van der Waals surface area contributed by atoms with Gasteiger partial charge in [-0.1, -0.05) is 29.6 Å². The minimum atomic E-state index is 0.442. The zero-order chi connectivity index (χ0) is 14.1. The minimum absolute atomic E-state index is 0.442. The van der Waals surface area contributed by atoms with Gasteiger partial charge in [0, 0.05) is 25.7 Å². The zero-order valence-electron chi connectivity index (χ0n) is 11.3. The number of halogens is 2. The number of pyridine rings is 1. The lowest BCUT2D eigenvalue weighted by Crippen LogP contribution is -2.55. The lowest BCUT2D eigenvalue weighted by Gasteiger charge is -2.44. The highest BCUT2D eigenvalue weighted by atomic mass is 35.5. The first-order valence-electron chi connectivity index (χ1n) is 7.00. The van der Waals surface area contributed by atoms with Gasteiger partial charge >= 0.3 is 0 Å². The van der Waals surface area contributed by atoms with Crippen molar-refractivity contribution in [3.8, 4) is 0 Å². The Morgan fingerprint density at radius 2 is 2.05 bits per heavy atom. The molecular formula is C13H19Cl2N5. The van der Waals surface area contributed by atoms with E-state index in [4.69, 9.17) is 29.0 Å². The van der Waals surface area contributed by atoms with Gasteiger partial charge in [0.2, 0.25) is 0 Å². The first kappa shape index (κ1) is 14.2. The van der Waals surface area contributed by atoms with Crippen LogP contribution in [0.5, 0.6) is 0 Å². The SMILES string of the molecule is NNc1nc(N2CCN3CCCCC3C2)c(Cl)cc1Cl. The lowest BCUT2D eigenvalue weighted by atomic mass is 9.99. The van der Waals surface area contributed by atoms with Crippen molar-refractivity contribution in [2.45, 2.75) is 25.3 Å². The van der Waals surface area contributed by atoms with Crippen LogP contribution in [0.2, 0.25) is 10.0 Å². The van der Waals surface area contributed by atoms with E-state index in [0.29, 0.717) is 21.9 Å². The average Bonchev–Trinajstić information content (AvgIpc) is 2.47. The number of piperidine rings is 1. The number of anilines is 2. The fraction of sp³-hybridized carbons (Fsp3) is 0.615.